The van der Waals surface area contributed by atoms with E-state index in [-0.39, 0.29) is 30.3 Å². The molecule has 142 valence electrons. The van der Waals surface area contributed by atoms with Crippen molar-refractivity contribution in [3.05, 3.63) is 22.2 Å². The maximum absolute atomic E-state index is 12.5. The summed E-state index contributed by atoms with van der Waals surface area (Å²) in [5.74, 6) is 1.35. The Kier molecular flexibility index (Phi) is 9.03. The first-order valence-electron chi connectivity index (χ1n) is 8.62. The van der Waals surface area contributed by atoms with Crippen molar-refractivity contribution < 1.29 is 14.3 Å². The van der Waals surface area contributed by atoms with Crippen molar-refractivity contribution in [2.75, 3.05) is 19.8 Å². The molecule has 0 bridgehead atoms. The smallest absolute Gasteiger partial charge is 0.224 e. The van der Waals surface area contributed by atoms with Gasteiger partial charge in [0.15, 0.2) is 11.5 Å². The number of halogens is 2. The van der Waals surface area contributed by atoms with E-state index in [0.29, 0.717) is 31.3 Å². The summed E-state index contributed by atoms with van der Waals surface area (Å²) in [7, 11) is 0. The third kappa shape index (κ3) is 5.76. The van der Waals surface area contributed by atoms with Gasteiger partial charge in [-0.3, -0.25) is 4.79 Å². The van der Waals surface area contributed by atoms with E-state index in [1.54, 1.807) is 0 Å². The normalized spacial score (nSPS) is 15.4. The summed E-state index contributed by atoms with van der Waals surface area (Å²) in [5.41, 5.74) is 6.55. The van der Waals surface area contributed by atoms with Crippen LogP contribution in [-0.2, 0) is 11.2 Å². The van der Waals surface area contributed by atoms with Gasteiger partial charge in [-0.05, 0) is 44.4 Å². The van der Waals surface area contributed by atoms with Crippen LogP contribution in [0.5, 0.6) is 11.5 Å². The molecule has 0 atom stereocenters. The van der Waals surface area contributed by atoms with Crippen LogP contribution >= 0.6 is 28.3 Å². The zero-order valence-electron chi connectivity index (χ0n) is 14.9. The van der Waals surface area contributed by atoms with Crippen LogP contribution in [0.3, 0.4) is 0 Å². The number of ether oxygens (including phenoxy) is 2. The van der Waals surface area contributed by atoms with Crippen LogP contribution in [0.15, 0.2) is 16.6 Å². The summed E-state index contributed by atoms with van der Waals surface area (Å²) in [5, 5.41) is 3.15. The van der Waals surface area contributed by atoms with Gasteiger partial charge in [0.05, 0.1) is 25.2 Å². The molecule has 2 rings (SSSR count). The number of nitrogens with two attached hydrogens (primary N) is 1. The number of hydrogen-bond donors (Lipinski definition) is 2. The molecular formula is C18H28BrClN2O3. The molecular weight excluding hydrogens is 408 g/mol. The van der Waals surface area contributed by atoms with Crippen LogP contribution < -0.4 is 20.5 Å². The topological polar surface area (TPSA) is 73.6 Å². The maximum atomic E-state index is 12.5. The van der Waals surface area contributed by atoms with Gasteiger partial charge in [0.1, 0.15) is 0 Å². The highest BCUT2D eigenvalue weighted by molar-refractivity contribution is 9.10. The molecule has 0 unspecified atom stereocenters. The van der Waals surface area contributed by atoms with Gasteiger partial charge in [0.25, 0.3) is 0 Å². The second kappa shape index (κ2) is 10.2. The second-order valence-corrected chi connectivity index (χ2v) is 7.03. The zero-order valence-corrected chi connectivity index (χ0v) is 17.3. The number of nitrogens with one attached hydrogen (secondary N) is 1. The summed E-state index contributed by atoms with van der Waals surface area (Å²) < 4.78 is 12.1. The van der Waals surface area contributed by atoms with Crippen molar-refractivity contribution in [1.29, 1.82) is 0 Å². The molecule has 25 heavy (non-hydrogen) atoms. The Morgan fingerprint density at radius 1 is 1.20 bits per heavy atom. The van der Waals surface area contributed by atoms with Crippen molar-refractivity contribution in [1.82, 2.24) is 5.32 Å². The average molecular weight is 436 g/mol. The van der Waals surface area contributed by atoms with Crippen LogP contribution in [0.25, 0.3) is 0 Å². The molecule has 1 amide bonds. The molecule has 0 spiro atoms. The molecule has 1 aromatic carbocycles. The number of amides is 1. The highest BCUT2D eigenvalue weighted by Crippen LogP contribution is 2.34. The fraction of sp³-hybridized carbons (Fsp3) is 0.611. The van der Waals surface area contributed by atoms with Crippen molar-refractivity contribution in [2.24, 2.45) is 5.73 Å². The minimum Gasteiger partial charge on any atom is -0.490 e. The van der Waals surface area contributed by atoms with E-state index >= 15 is 0 Å². The Labute approximate surface area is 164 Å². The van der Waals surface area contributed by atoms with Gasteiger partial charge in [-0.2, -0.15) is 0 Å². The lowest BCUT2D eigenvalue weighted by atomic mass is 9.97. The molecule has 1 aliphatic rings. The van der Waals surface area contributed by atoms with Gasteiger partial charge >= 0.3 is 0 Å². The third-order valence-corrected chi connectivity index (χ3v) is 5.16. The fourth-order valence-corrected chi connectivity index (χ4v) is 3.66. The molecule has 5 nitrogen and oxygen atoms in total. The molecule has 1 fully saturated rings. The molecule has 7 heteroatoms. The Balaban J connectivity index is 0.00000312. The summed E-state index contributed by atoms with van der Waals surface area (Å²) in [6.07, 6.45) is 4.46. The Morgan fingerprint density at radius 3 is 2.28 bits per heavy atom. The monoisotopic (exact) mass is 434 g/mol. The first kappa shape index (κ1) is 22.1. The predicted molar refractivity (Wildman–Crippen MR) is 106 cm³/mol. The van der Waals surface area contributed by atoms with Gasteiger partial charge in [0.2, 0.25) is 5.91 Å². The van der Waals surface area contributed by atoms with Gasteiger partial charge < -0.3 is 20.5 Å². The lowest BCUT2D eigenvalue weighted by Gasteiger charge is -2.28. The molecule has 0 saturated heterocycles. The van der Waals surface area contributed by atoms with Crippen LogP contribution in [0.2, 0.25) is 0 Å². The van der Waals surface area contributed by atoms with E-state index in [0.717, 1.165) is 35.7 Å². The summed E-state index contributed by atoms with van der Waals surface area (Å²) in [6, 6.07) is 3.74. The molecule has 1 saturated carbocycles. The van der Waals surface area contributed by atoms with Gasteiger partial charge in [-0.1, -0.05) is 28.8 Å². The van der Waals surface area contributed by atoms with Crippen molar-refractivity contribution in [3.63, 3.8) is 0 Å². The fourth-order valence-electron chi connectivity index (χ4n) is 3.19. The van der Waals surface area contributed by atoms with Crippen LogP contribution in [0, 0.1) is 0 Å². The van der Waals surface area contributed by atoms with Crippen LogP contribution in [0.1, 0.15) is 45.1 Å². The van der Waals surface area contributed by atoms with Crippen molar-refractivity contribution in [2.45, 2.75) is 51.5 Å². The molecule has 1 aromatic rings. The summed E-state index contributed by atoms with van der Waals surface area (Å²) >= 11 is 3.53. The Morgan fingerprint density at radius 2 is 1.76 bits per heavy atom. The minimum atomic E-state index is -0.225. The van der Waals surface area contributed by atoms with Gasteiger partial charge in [-0.25, -0.2) is 0 Å². The van der Waals surface area contributed by atoms with E-state index in [4.69, 9.17) is 15.2 Å². The summed E-state index contributed by atoms with van der Waals surface area (Å²) in [4.78, 5) is 12.5. The first-order valence-corrected chi connectivity index (χ1v) is 9.42. The number of carbonyl (C=O) groups excluding carboxylic acids is 1. The highest BCUT2D eigenvalue weighted by atomic mass is 79.9. The van der Waals surface area contributed by atoms with Gasteiger partial charge in [0, 0.05) is 11.0 Å². The second-order valence-electron chi connectivity index (χ2n) is 6.17. The molecule has 0 aromatic heterocycles. The van der Waals surface area contributed by atoms with E-state index in [2.05, 4.69) is 21.2 Å². The molecule has 0 radical (unpaired) electrons. The van der Waals surface area contributed by atoms with E-state index < -0.39 is 0 Å². The summed E-state index contributed by atoms with van der Waals surface area (Å²) in [6.45, 7) is 5.45. The number of carbonyl (C=O) groups is 1. The zero-order chi connectivity index (χ0) is 17.6. The maximum Gasteiger partial charge on any atom is 0.224 e. The standard InChI is InChI=1S/C18H27BrN2O3.ClH/c1-3-23-15-9-13(14(19)11-16(15)24-4-2)10-17(22)21-18(12-20)7-5-6-8-18;/h9,11H,3-8,10,12,20H2,1-2H3,(H,21,22);1H. The quantitative estimate of drug-likeness (QED) is 0.654. The molecule has 0 aliphatic heterocycles. The molecule has 1 aliphatic carbocycles. The van der Waals surface area contributed by atoms with E-state index in [1.807, 2.05) is 26.0 Å². The lowest BCUT2D eigenvalue weighted by molar-refractivity contribution is -0.122. The van der Waals surface area contributed by atoms with Crippen LogP contribution in [-0.4, -0.2) is 31.2 Å². The minimum absolute atomic E-state index is 0. The SMILES string of the molecule is CCOc1cc(Br)c(CC(=O)NC2(CN)CCCC2)cc1OCC.Cl. The van der Waals surface area contributed by atoms with Gasteiger partial charge in [-0.15, -0.1) is 12.4 Å². The van der Waals surface area contributed by atoms with Crippen LogP contribution in [0.4, 0.5) is 0 Å². The number of hydrogen-bond acceptors (Lipinski definition) is 4. The number of rotatable bonds is 8. The van der Waals surface area contributed by atoms with E-state index in [9.17, 15) is 4.79 Å². The average Bonchev–Trinajstić information content (AvgIpc) is 3.01. The first-order chi connectivity index (χ1) is 11.5. The van der Waals surface area contributed by atoms with Crippen molar-refractivity contribution in [3.8, 4) is 11.5 Å². The predicted octanol–water partition coefficient (Wildman–Crippen LogP) is 3.60. The molecule has 0 heterocycles. The third-order valence-electron chi connectivity index (χ3n) is 4.42. The molecule has 3 N–H and O–H groups in total. The Bertz CT molecular complexity index is 578. The Hall–Kier alpha value is -0.980. The lowest BCUT2D eigenvalue weighted by Crippen LogP contribution is -2.52. The van der Waals surface area contributed by atoms with Crippen molar-refractivity contribution >= 4 is 34.2 Å². The number of benzene rings is 1. The largest absolute Gasteiger partial charge is 0.490 e. The van der Waals surface area contributed by atoms with E-state index in [1.165, 1.54) is 0 Å². The highest BCUT2D eigenvalue weighted by Gasteiger charge is 2.33.